The molecule has 12 heteroatoms. The molecule has 230 valence electrons. The molecule has 1 aromatic rings. The van der Waals surface area contributed by atoms with Crippen LogP contribution in [-0.4, -0.2) is 63.6 Å². The Hall–Kier alpha value is -1.92. The molecule has 0 fully saturated rings. The number of aromatic nitrogens is 1. The van der Waals surface area contributed by atoms with Gasteiger partial charge in [-0.05, 0) is 31.6 Å². The van der Waals surface area contributed by atoms with E-state index in [9.17, 15) is 19.2 Å². The molecule has 9 nitrogen and oxygen atoms in total. The Morgan fingerprint density at radius 3 is 2.66 bits per heavy atom. The molecule has 41 heavy (non-hydrogen) atoms. The van der Waals surface area contributed by atoms with Gasteiger partial charge < -0.3 is 15.4 Å². The lowest BCUT2D eigenvalue weighted by Gasteiger charge is -2.24. The molecule has 0 aromatic carbocycles. The fourth-order valence-corrected chi connectivity index (χ4v) is 6.75. The van der Waals surface area contributed by atoms with Gasteiger partial charge in [-0.25, -0.2) is 9.78 Å². The summed E-state index contributed by atoms with van der Waals surface area (Å²) in [5, 5.41) is 9.31. The lowest BCUT2D eigenvalue weighted by Crippen LogP contribution is -2.46. The van der Waals surface area contributed by atoms with E-state index in [-0.39, 0.29) is 42.2 Å². The van der Waals surface area contributed by atoms with E-state index in [0.29, 0.717) is 30.8 Å². The highest BCUT2D eigenvalue weighted by Gasteiger charge is 2.29. The van der Waals surface area contributed by atoms with Gasteiger partial charge in [0.25, 0.3) is 0 Å². The number of fused-ring (bicyclic) bond motifs is 2. The Kier molecular flexibility index (Phi) is 17.3. The molecule has 0 spiro atoms. The number of nitrogens with zero attached hydrogens (tertiary/aromatic N) is 2. The number of thiazole rings is 1. The topological polar surface area (TPSA) is 127 Å². The highest BCUT2D eigenvalue weighted by atomic mass is 32.2. The van der Waals surface area contributed by atoms with Crippen LogP contribution in [0.4, 0.5) is 0 Å². The molecule has 1 aromatic heterocycles. The number of rotatable bonds is 12. The van der Waals surface area contributed by atoms with E-state index in [2.05, 4.69) is 27.5 Å². The van der Waals surface area contributed by atoms with Gasteiger partial charge in [-0.1, -0.05) is 58.2 Å². The zero-order valence-electron chi connectivity index (χ0n) is 24.9. The van der Waals surface area contributed by atoms with Crippen molar-refractivity contribution < 1.29 is 23.9 Å². The number of unbranched alkanes of at least 4 members (excludes halogenated alkanes) is 5. The molecule has 0 aliphatic carbocycles. The van der Waals surface area contributed by atoms with Gasteiger partial charge in [0.05, 0.1) is 13.0 Å². The Bertz CT molecular complexity index is 1010. The number of thioether (sulfide) groups is 2. The van der Waals surface area contributed by atoms with Crippen LogP contribution in [0.5, 0.6) is 0 Å². The normalized spacial score (nSPS) is 20.4. The molecule has 2 bridgehead atoms. The third-order valence-electron chi connectivity index (χ3n) is 6.58. The fraction of sp³-hybridized carbons (Fsp3) is 0.724. The van der Waals surface area contributed by atoms with E-state index >= 15 is 0 Å². The number of esters is 1. The van der Waals surface area contributed by atoms with Gasteiger partial charge in [0.15, 0.2) is 5.12 Å². The predicted octanol–water partition coefficient (Wildman–Crippen LogP) is 5.51. The number of hydrogen-bond donors (Lipinski definition) is 2. The van der Waals surface area contributed by atoms with Crippen LogP contribution in [0.1, 0.15) is 102 Å². The summed E-state index contributed by atoms with van der Waals surface area (Å²) in [4.78, 5) is 59.7. The summed E-state index contributed by atoms with van der Waals surface area (Å²) in [5.41, 5.74) is 0.723. The first-order valence-corrected chi connectivity index (χ1v) is 17.5. The molecular weight excluding hydrogens is 581 g/mol. The summed E-state index contributed by atoms with van der Waals surface area (Å²) in [6, 6.07) is -0.806. The summed E-state index contributed by atoms with van der Waals surface area (Å²) < 4.78 is 5.82. The molecule has 2 atom stereocenters. The first-order chi connectivity index (χ1) is 19.7. The van der Waals surface area contributed by atoms with Gasteiger partial charge >= 0.3 is 5.97 Å². The number of carbonyl (C=O) groups is 4. The lowest BCUT2D eigenvalue weighted by atomic mass is 10.0. The van der Waals surface area contributed by atoms with Gasteiger partial charge in [-0.2, -0.15) is 0 Å². The molecule has 1 aliphatic heterocycles. The first kappa shape index (κ1) is 35.3. The highest BCUT2D eigenvalue weighted by molar-refractivity contribution is 8.14. The van der Waals surface area contributed by atoms with E-state index < -0.39 is 18.1 Å². The Morgan fingerprint density at radius 1 is 1.15 bits per heavy atom. The standard InChI is InChI=1S/C29H46N4O5S3/c1-5-6-7-8-9-13-26(36)39-15-11-10-12-21-17-24(35)31-18-25-32-22(19-41-25)28(30-4)40-16-14-23(34)33-27(20(2)3)29(37)38-21/h19-21,27H,5-18H2,1-4H3,(H,31,35)(H,33,34)/t21?,27-/m0/s1. The van der Waals surface area contributed by atoms with Crippen LogP contribution in [0.25, 0.3) is 0 Å². The van der Waals surface area contributed by atoms with Crippen LogP contribution in [0.3, 0.4) is 0 Å². The van der Waals surface area contributed by atoms with Gasteiger partial charge in [0.1, 0.15) is 27.9 Å². The second-order valence-electron chi connectivity index (χ2n) is 10.5. The van der Waals surface area contributed by atoms with Gasteiger partial charge in [-0.15, -0.1) is 23.1 Å². The number of nitrogens with one attached hydrogen (secondary N) is 2. The number of amides is 2. The quantitative estimate of drug-likeness (QED) is 0.230. The van der Waals surface area contributed by atoms with Crippen molar-refractivity contribution in [1.82, 2.24) is 15.6 Å². The number of hydrogen-bond acceptors (Lipinski definition) is 10. The maximum Gasteiger partial charge on any atom is 0.329 e. The van der Waals surface area contributed by atoms with Crippen LogP contribution >= 0.6 is 34.9 Å². The second-order valence-corrected chi connectivity index (χ2v) is 13.6. The molecule has 2 rings (SSSR count). The smallest absolute Gasteiger partial charge is 0.329 e. The minimum atomic E-state index is -0.806. The highest BCUT2D eigenvalue weighted by Crippen LogP contribution is 2.20. The first-order valence-electron chi connectivity index (χ1n) is 14.7. The second kappa shape index (κ2) is 20.1. The van der Waals surface area contributed by atoms with Crippen LogP contribution in [0, 0.1) is 5.92 Å². The fourth-order valence-electron chi connectivity index (χ4n) is 4.23. The molecule has 2 N–H and O–H groups in total. The van der Waals surface area contributed by atoms with Crippen molar-refractivity contribution in [1.29, 1.82) is 0 Å². The van der Waals surface area contributed by atoms with Crippen molar-refractivity contribution in [2.45, 2.75) is 110 Å². The van der Waals surface area contributed by atoms with E-state index in [4.69, 9.17) is 4.74 Å². The third kappa shape index (κ3) is 14.2. The van der Waals surface area contributed by atoms with Crippen LogP contribution < -0.4 is 10.6 Å². The average molecular weight is 627 g/mol. The SMILES string of the molecule is CCCCCCCC(=O)SCCCCC1CC(=O)NCc2nc(cs2)C(=NC)SCCC(=O)N[C@@H](C(C)C)C(=O)O1. The lowest BCUT2D eigenvalue weighted by molar-refractivity contribution is -0.156. The number of cyclic esters (lactones) is 1. The van der Waals surface area contributed by atoms with Crippen molar-refractivity contribution in [3.63, 3.8) is 0 Å². The molecule has 2 amide bonds. The van der Waals surface area contributed by atoms with Crippen LogP contribution in [0.2, 0.25) is 0 Å². The summed E-state index contributed by atoms with van der Waals surface area (Å²) in [6.07, 6.45) is 7.86. The minimum Gasteiger partial charge on any atom is -0.460 e. The number of aliphatic imine (C=N–C) groups is 1. The van der Waals surface area contributed by atoms with Crippen LogP contribution in [-0.2, 0) is 30.5 Å². The van der Waals surface area contributed by atoms with Crippen molar-refractivity contribution in [2.24, 2.45) is 10.9 Å². The molecule has 0 saturated carbocycles. The molecular formula is C29H46N4O5S3. The largest absolute Gasteiger partial charge is 0.460 e. The van der Waals surface area contributed by atoms with E-state index in [0.717, 1.165) is 35.0 Å². The number of carbonyl (C=O) groups excluding carboxylic acids is 4. The van der Waals surface area contributed by atoms with Gasteiger partial charge in [0, 0.05) is 36.8 Å². The Labute approximate surface area is 257 Å². The van der Waals surface area contributed by atoms with E-state index in [1.807, 2.05) is 19.2 Å². The summed E-state index contributed by atoms with van der Waals surface area (Å²) >= 11 is 4.23. The van der Waals surface area contributed by atoms with Gasteiger partial charge in [-0.3, -0.25) is 19.4 Å². The average Bonchev–Trinajstić information content (AvgIpc) is 3.40. The van der Waals surface area contributed by atoms with E-state index in [1.54, 1.807) is 7.05 Å². The molecule has 1 unspecified atom stereocenters. The zero-order chi connectivity index (χ0) is 30.0. The third-order valence-corrected chi connectivity index (χ3v) is 9.52. The van der Waals surface area contributed by atoms with Crippen molar-refractivity contribution in [3.8, 4) is 0 Å². The molecule has 0 saturated heterocycles. The number of ether oxygens (including phenoxy) is 1. The summed E-state index contributed by atoms with van der Waals surface area (Å²) in [6.45, 7) is 6.16. The zero-order valence-corrected chi connectivity index (χ0v) is 27.3. The van der Waals surface area contributed by atoms with Crippen molar-refractivity contribution in [3.05, 3.63) is 16.1 Å². The van der Waals surface area contributed by atoms with Crippen molar-refractivity contribution >= 4 is 62.8 Å². The minimum absolute atomic E-state index is 0.0179. The van der Waals surface area contributed by atoms with E-state index in [1.165, 1.54) is 54.1 Å². The molecule has 0 radical (unpaired) electrons. The summed E-state index contributed by atoms with van der Waals surface area (Å²) in [7, 11) is 1.68. The van der Waals surface area contributed by atoms with Gasteiger partial charge in [0.2, 0.25) is 11.8 Å². The Balaban J connectivity index is 1.98. The predicted molar refractivity (Wildman–Crippen MR) is 169 cm³/mol. The monoisotopic (exact) mass is 626 g/mol. The Morgan fingerprint density at radius 2 is 1.93 bits per heavy atom. The molecule has 2 heterocycles. The summed E-state index contributed by atoms with van der Waals surface area (Å²) in [5.74, 6) is 0.00757. The maximum absolute atomic E-state index is 13.1. The molecule has 1 aliphatic rings. The van der Waals surface area contributed by atoms with Crippen LogP contribution in [0.15, 0.2) is 10.4 Å². The maximum atomic E-state index is 13.1. The van der Waals surface area contributed by atoms with Crippen molar-refractivity contribution in [2.75, 3.05) is 18.6 Å².